The maximum Gasteiger partial charge on any atom is 0.407 e. The lowest BCUT2D eigenvalue weighted by Crippen LogP contribution is -2.56. The van der Waals surface area contributed by atoms with Gasteiger partial charge in [-0.3, -0.25) is 33.8 Å². The highest BCUT2D eigenvalue weighted by molar-refractivity contribution is 8.76. The van der Waals surface area contributed by atoms with Crippen LogP contribution in [0, 0.1) is 0 Å². The first-order valence-corrected chi connectivity index (χ1v) is 31.2. The van der Waals surface area contributed by atoms with Crippen molar-refractivity contribution in [1.82, 2.24) is 35.9 Å². The number of nitrogens with zero attached hydrogens (tertiary/aromatic N) is 3. The van der Waals surface area contributed by atoms with Crippen molar-refractivity contribution < 1.29 is 82.5 Å². The fraction of sp³-hybridized carbons (Fsp3) is 0.433. The van der Waals surface area contributed by atoms with E-state index in [9.17, 15) is 63.6 Å². The number of methoxy groups -OCH3 is 1. The van der Waals surface area contributed by atoms with E-state index in [0.717, 1.165) is 47.3 Å². The van der Waals surface area contributed by atoms with E-state index in [1.54, 1.807) is 30.3 Å². The number of nitrogens with two attached hydrogens (primary N) is 1. The minimum absolute atomic E-state index is 0.0159. The Morgan fingerprint density at radius 3 is 2.51 bits per heavy atom. The molecular formula is C60H67N9O18S2. The molecule has 2 aromatic heterocycles. The number of nitrogens with one attached hydrogen (secondary N) is 5. The lowest BCUT2D eigenvalue weighted by Gasteiger charge is -2.42. The fourth-order valence-electron chi connectivity index (χ4n) is 10.8. The number of amides is 3. The molecule has 0 saturated carbocycles. The van der Waals surface area contributed by atoms with Crippen LogP contribution < -0.4 is 37.3 Å². The van der Waals surface area contributed by atoms with Gasteiger partial charge in [0.25, 0.3) is 11.5 Å². The van der Waals surface area contributed by atoms with Crippen LogP contribution in [-0.4, -0.2) is 168 Å². The predicted molar refractivity (Wildman–Crippen MR) is 322 cm³/mol. The van der Waals surface area contributed by atoms with Gasteiger partial charge in [-0.2, -0.15) is 4.98 Å². The Hall–Kier alpha value is -8.32. The number of hydrogen-bond donors (Lipinski definition) is 10. The van der Waals surface area contributed by atoms with E-state index < -0.39 is 114 Å². The Kier molecular flexibility index (Phi) is 21.5. The molecule has 3 amide bonds. The molecule has 1 unspecified atom stereocenters. The predicted octanol–water partition coefficient (Wildman–Crippen LogP) is 3.54. The Labute approximate surface area is 516 Å². The quantitative estimate of drug-likeness (QED) is 0.0179. The van der Waals surface area contributed by atoms with Crippen molar-refractivity contribution in [1.29, 1.82) is 0 Å². The summed E-state index contributed by atoms with van der Waals surface area (Å²) in [6, 6.07) is 10.2. The summed E-state index contributed by atoms with van der Waals surface area (Å²) >= 11 is 0. The molecule has 29 heteroatoms. The number of fused-ring (bicyclic) bond motifs is 4. The number of carbonyl (C=O) groups excluding carboxylic acids is 7. The first kappa shape index (κ1) is 65.1. The standard InChI is InChI=1S/C60H67N9O18S2/c1-30-50(73)41(23-47(85-30)87-44-25-60(82,45(71)28-70)24-32-21-38-39(22-37(32)44)52(75)48-36(51(38)74)11-8-12-43(48)83-2)67-59(81)84-19-20-88-89-29-42(56(78)79)65-46(72)18-17-40(57(80)86-35-9-6-4-3-5-7-10-35)66-54(76)31-13-15-33(16-14-31)62-26-34-27-63-53-49(64-34)55(77)69-58(61)68-53/h6,8-9,11-16,21-22,27,30,35,40-42,44,47,50,62,70,73,82H,3-5,7,10,17-20,23-26,28-29H2,1-2H3,(H,65,72)(H,66,76)(H,67,81)(H,78,79)(H3,61,63,68,69,77)/b9-6+/t30-,35?,40+,41+,42+,44-,47-,50+,60-/m0/s1. The third-order valence-corrected chi connectivity index (χ3v) is 17.9. The van der Waals surface area contributed by atoms with Gasteiger partial charge < -0.3 is 71.1 Å². The second-order valence-electron chi connectivity index (χ2n) is 21.7. The molecule has 3 aromatic carbocycles. The van der Waals surface area contributed by atoms with Crippen molar-refractivity contribution in [2.24, 2.45) is 0 Å². The lowest BCUT2D eigenvalue weighted by molar-refractivity contribution is -0.249. The van der Waals surface area contributed by atoms with Crippen molar-refractivity contribution in [2.75, 3.05) is 42.9 Å². The van der Waals surface area contributed by atoms with Crippen molar-refractivity contribution in [2.45, 2.75) is 132 Å². The molecule has 11 N–H and O–H groups in total. The van der Waals surface area contributed by atoms with Crippen molar-refractivity contribution >= 4 is 91.6 Å². The molecule has 9 rings (SSSR count). The van der Waals surface area contributed by atoms with Gasteiger partial charge in [0.15, 0.2) is 34.8 Å². The van der Waals surface area contributed by atoms with E-state index in [1.807, 2.05) is 6.08 Å². The number of benzene rings is 3. The number of allylic oxidation sites excluding steroid dienone is 1. The summed E-state index contributed by atoms with van der Waals surface area (Å²) in [4.78, 5) is 134. The third-order valence-electron chi connectivity index (χ3n) is 15.5. The number of alkyl carbamates (subject to hydrolysis) is 1. The second-order valence-corrected chi connectivity index (χ2v) is 24.4. The van der Waals surface area contributed by atoms with Gasteiger partial charge in [-0.25, -0.2) is 24.4 Å². The number of carboxylic acid groups (broad SMARTS) is 1. The Balaban J connectivity index is 0.745. The summed E-state index contributed by atoms with van der Waals surface area (Å²) in [5, 5.41) is 53.5. The van der Waals surface area contributed by atoms with Gasteiger partial charge in [-0.15, -0.1) is 0 Å². The molecule has 472 valence electrons. The number of hydrogen-bond acceptors (Lipinski definition) is 24. The van der Waals surface area contributed by atoms with Crippen LogP contribution in [-0.2, 0) is 51.1 Å². The summed E-state index contributed by atoms with van der Waals surface area (Å²) in [6.07, 6.45) is 1.92. The monoisotopic (exact) mass is 1270 g/mol. The maximum atomic E-state index is 14.0. The number of carboxylic acids is 1. The molecule has 1 aliphatic heterocycles. The number of rotatable bonds is 24. The minimum atomic E-state index is -2.14. The number of aromatic amines is 1. The van der Waals surface area contributed by atoms with Crippen LogP contribution in [0.5, 0.6) is 5.75 Å². The lowest BCUT2D eigenvalue weighted by atomic mass is 9.73. The number of Topliss-reactive ketones (excluding diaryl/α,β-unsaturated/α-hetero) is 1. The van der Waals surface area contributed by atoms with Crippen molar-refractivity contribution in [3.05, 3.63) is 128 Å². The van der Waals surface area contributed by atoms with E-state index >= 15 is 0 Å². The number of H-pyrrole nitrogens is 1. The van der Waals surface area contributed by atoms with Crippen LogP contribution in [0.15, 0.2) is 77.7 Å². The number of carbonyl (C=O) groups is 8. The summed E-state index contributed by atoms with van der Waals surface area (Å²) in [6.45, 7) is 0.543. The number of esters is 1. The van der Waals surface area contributed by atoms with Crippen LogP contribution in [0.25, 0.3) is 11.2 Å². The molecule has 0 radical (unpaired) electrons. The molecule has 4 aliphatic rings. The molecule has 9 atom stereocenters. The van der Waals surface area contributed by atoms with Gasteiger partial charge in [-0.1, -0.05) is 46.2 Å². The zero-order valence-electron chi connectivity index (χ0n) is 48.4. The molecule has 89 heavy (non-hydrogen) atoms. The number of nitrogen functional groups attached to an aromatic ring is 1. The topological polar surface area (TPSA) is 409 Å². The highest BCUT2D eigenvalue weighted by atomic mass is 33.1. The Morgan fingerprint density at radius 1 is 0.955 bits per heavy atom. The Morgan fingerprint density at radius 2 is 1.74 bits per heavy atom. The molecule has 1 fully saturated rings. The number of aromatic nitrogens is 4. The molecule has 0 spiro atoms. The normalized spacial score (nSPS) is 22.3. The summed E-state index contributed by atoms with van der Waals surface area (Å²) in [5.41, 5.74) is 5.21. The van der Waals surface area contributed by atoms with E-state index in [-0.39, 0.29) is 107 Å². The maximum absolute atomic E-state index is 14.0. The molecule has 27 nitrogen and oxygen atoms in total. The molecule has 5 aromatic rings. The second kappa shape index (κ2) is 29.3. The average Bonchev–Trinajstić information content (AvgIpc) is 0.782. The van der Waals surface area contributed by atoms with Gasteiger partial charge in [0, 0.05) is 65.1 Å². The van der Waals surface area contributed by atoms with Gasteiger partial charge in [0.1, 0.15) is 48.9 Å². The fourth-order valence-corrected chi connectivity index (χ4v) is 12.8. The smallest absolute Gasteiger partial charge is 0.407 e. The van der Waals surface area contributed by atoms with Gasteiger partial charge in [0.05, 0.1) is 49.4 Å². The highest BCUT2D eigenvalue weighted by Crippen LogP contribution is 2.44. The number of aliphatic carboxylic acids is 1. The molecule has 0 bridgehead atoms. The summed E-state index contributed by atoms with van der Waals surface area (Å²) in [5.74, 6) is -5.16. The van der Waals surface area contributed by atoms with Crippen LogP contribution in [0.2, 0.25) is 0 Å². The molecule has 1 saturated heterocycles. The minimum Gasteiger partial charge on any atom is -0.496 e. The van der Waals surface area contributed by atoms with E-state index in [1.165, 1.54) is 50.6 Å². The van der Waals surface area contributed by atoms with Crippen LogP contribution >= 0.6 is 21.6 Å². The van der Waals surface area contributed by atoms with E-state index in [2.05, 4.69) is 41.2 Å². The van der Waals surface area contributed by atoms with Crippen LogP contribution in [0.3, 0.4) is 0 Å². The van der Waals surface area contributed by atoms with Gasteiger partial charge in [-0.05, 0) is 98.7 Å². The number of ketones is 3. The number of ether oxygens (including phenoxy) is 5. The van der Waals surface area contributed by atoms with Crippen molar-refractivity contribution in [3.8, 4) is 5.75 Å². The van der Waals surface area contributed by atoms with Crippen LogP contribution in [0.1, 0.15) is 130 Å². The van der Waals surface area contributed by atoms with Gasteiger partial charge in [0.2, 0.25) is 11.9 Å². The SMILES string of the molecule is COc1cccc2c1C(=O)c1cc3c(cc1C2=O)C[C@@](O)(C(=O)CO)C[C@@H]3O[C@H]1C[C@@H](NC(=O)OCCSSC[C@@H](NC(=O)CC[C@@H](NC(=O)c2ccc(NCc3cnc4nc(N)[nH]c(=O)c4n3)cc2)C(=O)OC2/C=C/CCCCC2)C(=O)O)[C@H](O)[C@H](C)O1. The van der Waals surface area contributed by atoms with E-state index in [4.69, 9.17) is 29.4 Å². The van der Waals surface area contributed by atoms with Crippen molar-refractivity contribution in [3.63, 3.8) is 0 Å². The number of aliphatic hydroxyl groups is 3. The number of anilines is 2. The number of aliphatic hydroxyl groups excluding tert-OH is 2. The Bertz CT molecular complexity index is 3610. The molecule has 3 aliphatic carbocycles. The first-order valence-electron chi connectivity index (χ1n) is 28.7. The molecule has 3 heterocycles. The molecular weight excluding hydrogens is 1200 g/mol. The largest absolute Gasteiger partial charge is 0.496 e. The zero-order valence-corrected chi connectivity index (χ0v) is 50.0. The zero-order chi connectivity index (χ0) is 63.5. The van der Waals surface area contributed by atoms with E-state index in [0.29, 0.717) is 28.9 Å². The highest BCUT2D eigenvalue weighted by Gasteiger charge is 2.47. The summed E-state index contributed by atoms with van der Waals surface area (Å²) in [7, 11) is 3.61. The van der Waals surface area contributed by atoms with Gasteiger partial charge >= 0.3 is 18.0 Å². The first-order chi connectivity index (χ1) is 42.7. The summed E-state index contributed by atoms with van der Waals surface area (Å²) < 4.78 is 29.0. The average molecular weight is 1270 g/mol. The third kappa shape index (κ3) is 15.9. The van der Waals surface area contributed by atoms with Crippen LogP contribution in [0.4, 0.5) is 16.4 Å².